The molecule has 0 aromatic rings. The van der Waals surface area contributed by atoms with E-state index in [1.807, 2.05) is 13.8 Å². The van der Waals surface area contributed by atoms with E-state index < -0.39 is 0 Å². The first-order valence-corrected chi connectivity index (χ1v) is 3.50. The molecule has 1 aliphatic carbocycles. The highest BCUT2D eigenvalue weighted by Gasteiger charge is 2.38. The molecule has 2 heteroatoms. The number of carbonyl (C=O) groups excluding carboxylic acids is 1. The highest BCUT2D eigenvalue weighted by atomic mass is 16.2. The van der Waals surface area contributed by atoms with Crippen molar-refractivity contribution < 1.29 is 4.79 Å². The smallest absolute Gasteiger partial charge is 0.230 e. The van der Waals surface area contributed by atoms with Gasteiger partial charge in [-0.1, -0.05) is 11.6 Å². The minimum atomic E-state index is -0.200. The molecule has 1 atom stereocenters. The number of allylic oxidation sites excluding steroid dienone is 1. The topological polar surface area (TPSA) is 29.1 Å². The molecule has 1 N–H and O–H groups in total. The Labute approximate surface area is 61.3 Å². The molecule has 1 aliphatic rings. The lowest BCUT2D eigenvalue weighted by Crippen LogP contribution is -2.41. The Balaban J connectivity index is 2.73. The highest BCUT2D eigenvalue weighted by molar-refractivity contribution is 5.86. The average Bonchev–Trinajstić information content (AvgIpc) is 1.98. The fourth-order valence-electron chi connectivity index (χ4n) is 1.16. The van der Waals surface area contributed by atoms with Crippen molar-refractivity contribution in [3.63, 3.8) is 0 Å². The summed E-state index contributed by atoms with van der Waals surface area (Å²) in [5.41, 5.74) is 0.987. The Hall–Kier alpha value is -0.790. The normalized spacial score (nSPS) is 30.5. The van der Waals surface area contributed by atoms with Crippen LogP contribution in [0, 0.1) is 5.41 Å². The van der Waals surface area contributed by atoms with Crippen LogP contribution in [0.15, 0.2) is 11.6 Å². The fourth-order valence-corrected chi connectivity index (χ4v) is 1.16. The maximum atomic E-state index is 11.2. The van der Waals surface area contributed by atoms with Crippen molar-refractivity contribution in [3.8, 4) is 0 Å². The van der Waals surface area contributed by atoms with Crippen LogP contribution < -0.4 is 5.32 Å². The van der Waals surface area contributed by atoms with E-state index in [-0.39, 0.29) is 11.3 Å². The van der Waals surface area contributed by atoms with Crippen LogP contribution in [0.25, 0.3) is 0 Å². The van der Waals surface area contributed by atoms with Crippen LogP contribution >= 0.6 is 0 Å². The largest absolute Gasteiger partial charge is 0.358 e. The summed E-state index contributed by atoms with van der Waals surface area (Å²) in [5, 5.41) is 2.66. The highest BCUT2D eigenvalue weighted by Crippen LogP contribution is 2.39. The summed E-state index contributed by atoms with van der Waals surface area (Å²) in [6.07, 6.45) is 2.98. The molecular weight excluding hydrogens is 126 g/mol. The fraction of sp³-hybridized carbons (Fsp3) is 0.625. The maximum Gasteiger partial charge on any atom is 0.230 e. The Kier molecular flexibility index (Phi) is 1.55. The van der Waals surface area contributed by atoms with E-state index >= 15 is 0 Å². The number of carbonyl (C=O) groups is 1. The monoisotopic (exact) mass is 139 g/mol. The molecule has 56 valence electrons. The van der Waals surface area contributed by atoms with Crippen molar-refractivity contribution in [3.05, 3.63) is 11.6 Å². The van der Waals surface area contributed by atoms with Crippen LogP contribution in [0.1, 0.15) is 20.3 Å². The standard InChI is InChI=1S/C8H13NO/c1-6-4-5-8(6,2)7(10)9-3/h4H,5H2,1-3H3,(H,9,10). The lowest BCUT2D eigenvalue weighted by Gasteiger charge is -2.34. The van der Waals surface area contributed by atoms with Gasteiger partial charge in [0.1, 0.15) is 0 Å². The molecule has 10 heavy (non-hydrogen) atoms. The van der Waals surface area contributed by atoms with Gasteiger partial charge in [-0.15, -0.1) is 0 Å². The third kappa shape index (κ3) is 0.753. The molecule has 0 bridgehead atoms. The van der Waals surface area contributed by atoms with Gasteiger partial charge in [-0.25, -0.2) is 0 Å². The Morgan fingerprint density at radius 2 is 2.40 bits per heavy atom. The van der Waals surface area contributed by atoms with Gasteiger partial charge < -0.3 is 5.32 Å². The number of hydrogen-bond acceptors (Lipinski definition) is 1. The molecule has 0 radical (unpaired) electrons. The van der Waals surface area contributed by atoms with E-state index in [2.05, 4.69) is 11.4 Å². The van der Waals surface area contributed by atoms with Gasteiger partial charge in [0.15, 0.2) is 0 Å². The van der Waals surface area contributed by atoms with Crippen LogP contribution in [-0.4, -0.2) is 13.0 Å². The molecule has 1 amide bonds. The van der Waals surface area contributed by atoms with Crippen molar-refractivity contribution >= 4 is 5.91 Å². The van der Waals surface area contributed by atoms with Crippen molar-refractivity contribution in [1.82, 2.24) is 5.32 Å². The molecule has 1 unspecified atom stereocenters. The van der Waals surface area contributed by atoms with Crippen LogP contribution in [0.5, 0.6) is 0 Å². The second-order valence-corrected chi connectivity index (χ2v) is 3.00. The molecule has 0 heterocycles. The molecule has 0 aromatic carbocycles. The molecule has 0 saturated carbocycles. The van der Waals surface area contributed by atoms with Gasteiger partial charge in [-0.05, 0) is 20.3 Å². The zero-order valence-electron chi connectivity index (χ0n) is 6.69. The average molecular weight is 139 g/mol. The third-order valence-electron chi connectivity index (χ3n) is 2.42. The first-order valence-electron chi connectivity index (χ1n) is 3.50. The van der Waals surface area contributed by atoms with Crippen molar-refractivity contribution in [2.24, 2.45) is 5.41 Å². The predicted octanol–water partition coefficient (Wildman–Crippen LogP) is 1.09. The zero-order valence-corrected chi connectivity index (χ0v) is 6.69. The maximum absolute atomic E-state index is 11.2. The summed E-state index contributed by atoms with van der Waals surface area (Å²) in [7, 11) is 1.68. The molecule has 0 aliphatic heterocycles. The van der Waals surface area contributed by atoms with E-state index in [9.17, 15) is 4.79 Å². The minimum absolute atomic E-state index is 0.132. The molecular formula is C8H13NO. The van der Waals surface area contributed by atoms with Crippen LogP contribution in [0.3, 0.4) is 0 Å². The summed E-state index contributed by atoms with van der Waals surface area (Å²) >= 11 is 0. The van der Waals surface area contributed by atoms with Crippen LogP contribution in [-0.2, 0) is 4.79 Å². The van der Waals surface area contributed by atoms with Crippen LogP contribution in [0.4, 0.5) is 0 Å². The summed E-state index contributed by atoms with van der Waals surface area (Å²) in [6.45, 7) is 3.97. The quantitative estimate of drug-likeness (QED) is 0.541. The summed E-state index contributed by atoms with van der Waals surface area (Å²) < 4.78 is 0. The lowest BCUT2D eigenvalue weighted by atomic mass is 9.70. The van der Waals surface area contributed by atoms with Gasteiger partial charge in [0.05, 0.1) is 5.41 Å². The van der Waals surface area contributed by atoms with Crippen molar-refractivity contribution in [2.45, 2.75) is 20.3 Å². The number of rotatable bonds is 1. The SMILES string of the molecule is CNC(=O)C1(C)CC=C1C. The van der Waals surface area contributed by atoms with E-state index in [1.165, 1.54) is 5.57 Å². The first kappa shape index (κ1) is 7.32. The van der Waals surface area contributed by atoms with Crippen LogP contribution in [0.2, 0.25) is 0 Å². The Morgan fingerprint density at radius 1 is 1.80 bits per heavy atom. The Morgan fingerprint density at radius 3 is 2.50 bits per heavy atom. The second-order valence-electron chi connectivity index (χ2n) is 3.00. The predicted molar refractivity (Wildman–Crippen MR) is 40.5 cm³/mol. The van der Waals surface area contributed by atoms with E-state index in [4.69, 9.17) is 0 Å². The Bertz CT molecular complexity index is 195. The van der Waals surface area contributed by atoms with Crippen molar-refractivity contribution in [2.75, 3.05) is 7.05 Å². The van der Waals surface area contributed by atoms with E-state index in [0.717, 1.165) is 6.42 Å². The van der Waals surface area contributed by atoms with Gasteiger partial charge in [0.25, 0.3) is 0 Å². The summed E-state index contributed by atoms with van der Waals surface area (Å²) in [6, 6.07) is 0. The molecule has 0 spiro atoms. The number of nitrogens with one attached hydrogen (secondary N) is 1. The minimum Gasteiger partial charge on any atom is -0.358 e. The second kappa shape index (κ2) is 2.11. The summed E-state index contributed by atoms with van der Waals surface area (Å²) in [4.78, 5) is 11.2. The van der Waals surface area contributed by atoms with Gasteiger partial charge in [-0.3, -0.25) is 4.79 Å². The summed E-state index contributed by atoms with van der Waals surface area (Å²) in [5.74, 6) is 0.132. The van der Waals surface area contributed by atoms with E-state index in [1.54, 1.807) is 7.05 Å². The molecule has 0 aromatic heterocycles. The first-order chi connectivity index (χ1) is 4.61. The molecule has 1 rings (SSSR count). The third-order valence-corrected chi connectivity index (χ3v) is 2.42. The van der Waals surface area contributed by atoms with E-state index in [0.29, 0.717) is 0 Å². The van der Waals surface area contributed by atoms with Gasteiger partial charge >= 0.3 is 0 Å². The molecule has 0 fully saturated rings. The van der Waals surface area contributed by atoms with Crippen molar-refractivity contribution in [1.29, 1.82) is 0 Å². The molecule has 2 nitrogen and oxygen atoms in total. The van der Waals surface area contributed by atoms with Gasteiger partial charge in [0.2, 0.25) is 5.91 Å². The van der Waals surface area contributed by atoms with Gasteiger partial charge in [0, 0.05) is 7.05 Å². The lowest BCUT2D eigenvalue weighted by molar-refractivity contribution is -0.128. The van der Waals surface area contributed by atoms with Gasteiger partial charge in [-0.2, -0.15) is 0 Å². The number of hydrogen-bond donors (Lipinski definition) is 1. The zero-order chi connectivity index (χ0) is 7.78. The molecule has 0 saturated heterocycles. The number of amides is 1.